The number of hydrogen-bond acceptors (Lipinski definition) is 1. The molecule has 1 heteroatoms. The molecule has 0 bridgehead atoms. The molecule has 1 unspecified atom stereocenters. The molecular formula is C15H24S. The van der Waals surface area contributed by atoms with Gasteiger partial charge in [-0.25, -0.2) is 0 Å². The van der Waals surface area contributed by atoms with Crippen molar-refractivity contribution in [2.24, 2.45) is 11.8 Å². The summed E-state index contributed by atoms with van der Waals surface area (Å²) in [6.07, 6.45) is 9.93. The van der Waals surface area contributed by atoms with Crippen LogP contribution in [0.3, 0.4) is 0 Å². The highest BCUT2D eigenvalue weighted by Gasteiger charge is 2.24. The van der Waals surface area contributed by atoms with Gasteiger partial charge >= 0.3 is 0 Å². The van der Waals surface area contributed by atoms with Crippen LogP contribution >= 0.6 is 12.6 Å². The van der Waals surface area contributed by atoms with Crippen molar-refractivity contribution in [3.8, 4) is 0 Å². The minimum Gasteiger partial charge on any atom is -0.144 e. The molecule has 1 rings (SSSR count). The summed E-state index contributed by atoms with van der Waals surface area (Å²) in [5.74, 6) is 1.50. The van der Waals surface area contributed by atoms with Gasteiger partial charge in [0, 0.05) is 4.91 Å². The molecule has 90 valence electrons. The van der Waals surface area contributed by atoms with E-state index in [0.29, 0.717) is 5.92 Å². The molecule has 0 aromatic heterocycles. The fourth-order valence-corrected chi connectivity index (χ4v) is 2.80. The summed E-state index contributed by atoms with van der Waals surface area (Å²) in [6, 6.07) is 0. The average Bonchev–Trinajstić information content (AvgIpc) is 2.77. The second-order valence-corrected chi connectivity index (χ2v) is 5.40. The molecule has 1 fully saturated rings. The average molecular weight is 236 g/mol. The fraction of sp³-hybridized carbons (Fsp3) is 0.600. The lowest BCUT2D eigenvalue weighted by molar-refractivity contribution is 0.420. The Hall–Kier alpha value is -0.430. The summed E-state index contributed by atoms with van der Waals surface area (Å²) < 4.78 is 0. The Morgan fingerprint density at radius 3 is 2.38 bits per heavy atom. The van der Waals surface area contributed by atoms with Gasteiger partial charge in [-0.05, 0) is 49.7 Å². The third-order valence-electron chi connectivity index (χ3n) is 3.81. The number of rotatable bonds is 4. The van der Waals surface area contributed by atoms with Crippen LogP contribution in [0, 0.1) is 11.8 Å². The monoisotopic (exact) mass is 236 g/mol. The Bertz CT molecular complexity index is 303. The zero-order chi connectivity index (χ0) is 12.1. The van der Waals surface area contributed by atoms with E-state index < -0.39 is 0 Å². The van der Waals surface area contributed by atoms with Gasteiger partial charge in [-0.15, -0.1) is 12.6 Å². The number of thiol groups is 1. The van der Waals surface area contributed by atoms with Crippen LogP contribution in [-0.2, 0) is 0 Å². The molecule has 0 saturated heterocycles. The number of hydrogen-bond donors (Lipinski definition) is 1. The van der Waals surface area contributed by atoms with Crippen LogP contribution in [0.1, 0.15) is 46.5 Å². The Morgan fingerprint density at radius 2 is 1.94 bits per heavy atom. The molecule has 0 heterocycles. The summed E-state index contributed by atoms with van der Waals surface area (Å²) in [4.78, 5) is 0.901. The zero-order valence-electron chi connectivity index (χ0n) is 10.8. The standard InChI is InChI=1S/C15H24S/c1-5-8-15(11(2)13(4)16)12(3)14-9-6-7-10-14/h5,8,12,14,16H,4,6-7,9-10H2,1-3H3/b8-5-,15-11+. The van der Waals surface area contributed by atoms with Crippen molar-refractivity contribution in [2.45, 2.75) is 46.5 Å². The maximum absolute atomic E-state index is 4.38. The van der Waals surface area contributed by atoms with E-state index in [9.17, 15) is 0 Å². The molecular weight excluding hydrogens is 212 g/mol. The summed E-state index contributed by atoms with van der Waals surface area (Å²) >= 11 is 4.38. The molecule has 0 nitrogen and oxygen atoms in total. The van der Waals surface area contributed by atoms with Gasteiger partial charge < -0.3 is 0 Å². The van der Waals surface area contributed by atoms with Gasteiger partial charge in [-0.1, -0.05) is 38.5 Å². The van der Waals surface area contributed by atoms with Crippen molar-refractivity contribution in [1.29, 1.82) is 0 Å². The van der Waals surface area contributed by atoms with Crippen LogP contribution in [0.15, 0.2) is 34.8 Å². The molecule has 1 saturated carbocycles. The van der Waals surface area contributed by atoms with Gasteiger partial charge in [0.2, 0.25) is 0 Å². The predicted octanol–water partition coefficient (Wildman–Crippen LogP) is 5.15. The summed E-state index contributed by atoms with van der Waals surface area (Å²) in [6.45, 7) is 10.5. The van der Waals surface area contributed by atoms with E-state index >= 15 is 0 Å². The third kappa shape index (κ3) is 3.28. The van der Waals surface area contributed by atoms with Crippen molar-refractivity contribution >= 4 is 12.6 Å². The summed E-state index contributed by atoms with van der Waals surface area (Å²) in [5.41, 5.74) is 2.68. The van der Waals surface area contributed by atoms with Crippen LogP contribution in [-0.4, -0.2) is 0 Å². The van der Waals surface area contributed by atoms with E-state index in [-0.39, 0.29) is 0 Å². The van der Waals surface area contributed by atoms with Crippen molar-refractivity contribution in [3.05, 3.63) is 34.8 Å². The van der Waals surface area contributed by atoms with Crippen molar-refractivity contribution < 1.29 is 0 Å². The lowest BCUT2D eigenvalue weighted by atomic mass is 9.83. The van der Waals surface area contributed by atoms with Crippen LogP contribution in [0.2, 0.25) is 0 Å². The maximum atomic E-state index is 4.38. The predicted molar refractivity (Wildman–Crippen MR) is 76.8 cm³/mol. The summed E-state index contributed by atoms with van der Waals surface area (Å²) in [7, 11) is 0. The van der Waals surface area contributed by atoms with Crippen LogP contribution < -0.4 is 0 Å². The van der Waals surface area contributed by atoms with E-state index in [0.717, 1.165) is 10.8 Å². The molecule has 1 aliphatic carbocycles. The maximum Gasteiger partial charge on any atom is 0.0000103 e. The molecule has 1 atom stereocenters. The van der Waals surface area contributed by atoms with Crippen LogP contribution in [0.5, 0.6) is 0 Å². The number of allylic oxidation sites excluding steroid dienone is 4. The Kier molecular flexibility index (Phi) is 5.40. The topological polar surface area (TPSA) is 0 Å². The lowest BCUT2D eigenvalue weighted by Crippen LogP contribution is -2.11. The minimum atomic E-state index is 0.641. The normalized spacial score (nSPS) is 21.2. The first-order valence-corrected chi connectivity index (χ1v) is 6.74. The molecule has 0 amide bonds. The quantitative estimate of drug-likeness (QED) is 0.506. The molecule has 0 radical (unpaired) electrons. The highest BCUT2D eigenvalue weighted by atomic mass is 32.1. The minimum absolute atomic E-state index is 0.641. The molecule has 0 spiro atoms. The van der Waals surface area contributed by atoms with E-state index in [2.05, 4.69) is 52.1 Å². The molecule has 1 aliphatic rings. The van der Waals surface area contributed by atoms with E-state index in [1.807, 2.05) is 0 Å². The van der Waals surface area contributed by atoms with Gasteiger partial charge in [0.05, 0.1) is 0 Å². The molecule has 0 aromatic rings. The first-order valence-electron chi connectivity index (χ1n) is 6.29. The van der Waals surface area contributed by atoms with Gasteiger partial charge in [0.1, 0.15) is 0 Å². The van der Waals surface area contributed by atoms with Crippen molar-refractivity contribution in [3.63, 3.8) is 0 Å². The first kappa shape index (κ1) is 13.6. The van der Waals surface area contributed by atoms with Gasteiger partial charge in [0.15, 0.2) is 0 Å². The van der Waals surface area contributed by atoms with E-state index in [4.69, 9.17) is 0 Å². The van der Waals surface area contributed by atoms with Crippen molar-refractivity contribution in [2.75, 3.05) is 0 Å². The van der Waals surface area contributed by atoms with Crippen LogP contribution in [0.4, 0.5) is 0 Å². The molecule has 0 aliphatic heterocycles. The SMILES string of the molecule is C=C(S)/C(C)=C(\C=C/C)C(C)C1CCCC1. The summed E-state index contributed by atoms with van der Waals surface area (Å²) in [5, 5.41) is 0. The fourth-order valence-electron chi connectivity index (χ4n) is 2.68. The molecule has 16 heavy (non-hydrogen) atoms. The van der Waals surface area contributed by atoms with Gasteiger partial charge in [-0.2, -0.15) is 0 Å². The Morgan fingerprint density at radius 1 is 1.38 bits per heavy atom. The van der Waals surface area contributed by atoms with Gasteiger partial charge in [-0.3, -0.25) is 0 Å². The highest BCUT2D eigenvalue weighted by molar-refractivity contribution is 7.84. The smallest absolute Gasteiger partial charge is 0.0000103 e. The van der Waals surface area contributed by atoms with Gasteiger partial charge in [0.25, 0.3) is 0 Å². The molecule has 0 aromatic carbocycles. The van der Waals surface area contributed by atoms with Crippen molar-refractivity contribution in [1.82, 2.24) is 0 Å². The van der Waals surface area contributed by atoms with E-state index in [1.54, 1.807) is 0 Å². The lowest BCUT2D eigenvalue weighted by Gasteiger charge is -2.22. The zero-order valence-corrected chi connectivity index (χ0v) is 11.7. The largest absolute Gasteiger partial charge is 0.144 e. The van der Waals surface area contributed by atoms with Crippen LogP contribution in [0.25, 0.3) is 0 Å². The second kappa shape index (κ2) is 6.34. The second-order valence-electron chi connectivity index (χ2n) is 4.86. The first-order chi connectivity index (χ1) is 7.57. The Labute approximate surface area is 106 Å². The third-order valence-corrected chi connectivity index (χ3v) is 4.15. The Balaban J connectivity index is 2.92. The molecule has 0 N–H and O–H groups in total. The van der Waals surface area contributed by atoms with E-state index in [1.165, 1.54) is 36.8 Å². The highest BCUT2D eigenvalue weighted by Crippen LogP contribution is 2.37.